The predicted octanol–water partition coefficient (Wildman–Crippen LogP) is 3.74. The first-order valence-corrected chi connectivity index (χ1v) is 11.7. The summed E-state index contributed by atoms with van der Waals surface area (Å²) < 4.78 is 11.0. The second kappa shape index (κ2) is 7.43. The normalized spacial score (nSPS) is 46.1. The van der Waals surface area contributed by atoms with E-state index in [1.54, 1.807) is 0 Å². The largest absolute Gasteiger partial charge is 0.462 e. The van der Waals surface area contributed by atoms with Crippen LogP contribution >= 0.6 is 0 Å². The molecular formula is C25H36O6. The predicted molar refractivity (Wildman–Crippen MR) is 114 cm³/mol. The molecule has 0 bridgehead atoms. The van der Waals surface area contributed by atoms with Crippen molar-refractivity contribution in [3.63, 3.8) is 0 Å². The number of Topliss-reactive ketones (excluding diaryl/α,β-unsaturated/α-hetero) is 1. The molecule has 6 heteroatoms. The molecule has 4 aliphatic carbocycles. The SMILES string of the molecule is CC(=O)O[C@H]1CC[C@@]2(C)C(=CC[C@H]3[C@H]2CC[C@]2(C)[C@@H]3C[C@@H](OC(C)=O)[C@@]2(O)C(C)=O)C1. The highest BCUT2D eigenvalue weighted by atomic mass is 16.6. The number of hydrogen-bond donors (Lipinski definition) is 1. The lowest BCUT2D eigenvalue weighted by molar-refractivity contribution is -0.184. The number of aliphatic hydroxyl groups is 1. The van der Waals surface area contributed by atoms with Gasteiger partial charge in [0.2, 0.25) is 0 Å². The third kappa shape index (κ3) is 3.20. The number of fused-ring (bicyclic) bond motifs is 5. The molecule has 0 aromatic rings. The van der Waals surface area contributed by atoms with Gasteiger partial charge in [-0.1, -0.05) is 25.5 Å². The molecule has 3 fully saturated rings. The molecule has 31 heavy (non-hydrogen) atoms. The van der Waals surface area contributed by atoms with E-state index >= 15 is 0 Å². The van der Waals surface area contributed by atoms with Crippen molar-refractivity contribution in [2.24, 2.45) is 28.6 Å². The molecule has 6 nitrogen and oxygen atoms in total. The molecule has 0 spiro atoms. The van der Waals surface area contributed by atoms with Crippen molar-refractivity contribution in [3.05, 3.63) is 11.6 Å². The zero-order valence-electron chi connectivity index (χ0n) is 19.4. The molecule has 0 aliphatic heterocycles. The fourth-order valence-electron chi connectivity index (χ4n) is 7.92. The van der Waals surface area contributed by atoms with E-state index in [0.717, 1.165) is 38.5 Å². The van der Waals surface area contributed by atoms with E-state index in [9.17, 15) is 19.5 Å². The summed E-state index contributed by atoms with van der Waals surface area (Å²) in [6, 6.07) is 0. The Bertz CT molecular complexity index is 832. The first-order valence-electron chi connectivity index (χ1n) is 11.7. The van der Waals surface area contributed by atoms with Gasteiger partial charge < -0.3 is 14.6 Å². The van der Waals surface area contributed by atoms with E-state index in [4.69, 9.17) is 9.47 Å². The minimum atomic E-state index is -1.63. The first-order chi connectivity index (χ1) is 14.4. The van der Waals surface area contributed by atoms with Gasteiger partial charge in [-0.25, -0.2) is 0 Å². The van der Waals surface area contributed by atoms with Crippen molar-refractivity contribution < 1.29 is 29.0 Å². The highest BCUT2D eigenvalue weighted by Crippen LogP contribution is 2.67. The zero-order chi connectivity index (χ0) is 22.8. The van der Waals surface area contributed by atoms with Crippen molar-refractivity contribution in [1.82, 2.24) is 0 Å². The highest BCUT2D eigenvalue weighted by Gasteiger charge is 2.70. The smallest absolute Gasteiger partial charge is 0.303 e. The first kappa shape index (κ1) is 22.5. The second-order valence-electron chi connectivity index (χ2n) is 10.8. The molecular weight excluding hydrogens is 396 g/mol. The molecule has 0 unspecified atom stereocenters. The van der Waals surface area contributed by atoms with Crippen molar-refractivity contribution >= 4 is 17.7 Å². The minimum Gasteiger partial charge on any atom is -0.462 e. The van der Waals surface area contributed by atoms with Crippen molar-refractivity contribution in [3.8, 4) is 0 Å². The summed E-state index contributed by atoms with van der Waals surface area (Å²) in [4.78, 5) is 35.9. The molecule has 8 atom stereocenters. The Morgan fingerprint density at radius 2 is 1.68 bits per heavy atom. The van der Waals surface area contributed by atoms with Gasteiger partial charge in [-0.05, 0) is 68.6 Å². The van der Waals surface area contributed by atoms with E-state index in [0.29, 0.717) is 18.3 Å². The second-order valence-corrected chi connectivity index (χ2v) is 10.8. The van der Waals surface area contributed by atoms with E-state index < -0.39 is 23.1 Å². The summed E-state index contributed by atoms with van der Waals surface area (Å²) in [5.41, 5.74) is -0.788. The lowest BCUT2D eigenvalue weighted by atomic mass is 9.46. The number of esters is 2. The summed E-state index contributed by atoms with van der Waals surface area (Å²) in [5.74, 6) is -0.0691. The van der Waals surface area contributed by atoms with Crippen LogP contribution in [0.15, 0.2) is 11.6 Å². The Labute approximate surface area is 184 Å². The fraction of sp³-hybridized carbons (Fsp3) is 0.800. The third-order valence-corrected chi connectivity index (χ3v) is 9.43. The van der Waals surface area contributed by atoms with Crippen LogP contribution in [0.2, 0.25) is 0 Å². The maximum absolute atomic E-state index is 12.7. The number of hydrogen-bond acceptors (Lipinski definition) is 6. The molecule has 0 aromatic heterocycles. The van der Waals surface area contributed by atoms with Crippen molar-refractivity contribution in [2.75, 3.05) is 0 Å². The van der Waals surface area contributed by atoms with Gasteiger partial charge in [0.1, 0.15) is 12.2 Å². The molecule has 0 heterocycles. The Hall–Kier alpha value is -1.69. The third-order valence-electron chi connectivity index (χ3n) is 9.43. The maximum Gasteiger partial charge on any atom is 0.303 e. The van der Waals surface area contributed by atoms with Gasteiger partial charge in [0.15, 0.2) is 11.4 Å². The number of carbonyl (C=O) groups is 3. The lowest BCUT2D eigenvalue weighted by Crippen LogP contribution is -2.60. The zero-order valence-corrected chi connectivity index (χ0v) is 19.4. The summed E-state index contributed by atoms with van der Waals surface area (Å²) in [5, 5.41) is 11.6. The summed E-state index contributed by atoms with van der Waals surface area (Å²) in [6.07, 6.45) is 7.25. The van der Waals surface area contributed by atoms with E-state index in [1.807, 2.05) is 6.92 Å². The van der Waals surface area contributed by atoms with E-state index in [-0.39, 0.29) is 29.2 Å². The average molecular weight is 433 g/mol. The van der Waals surface area contributed by atoms with Gasteiger partial charge in [0.05, 0.1) is 0 Å². The van der Waals surface area contributed by atoms with Crippen LogP contribution in [0, 0.1) is 28.6 Å². The summed E-state index contributed by atoms with van der Waals surface area (Å²) in [6.45, 7) is 8.60. The van der Waals surface area contributed by atoms with Crippen molar-refractivity contribution in [2.45, 2.75) is 97.4 Å². The Morgan fingerprint density at radius 3 is 2.29 bits per heavy atom. The molecule has 0 saturated heterocycles. The Balaban J connectivity index is 1.65. The number of rotatable bonds is 3. The standard InChI is InChI=1S/C25H36O6/c1-14(26)25(29)22(31-16(3)28)13-21-19-7-6-17-12-18(30-15(2)27)8-10-23(17,4)20(19)9-11-24(21,25)5/h6,18-22,29H,7-13H2,1-5H3/t18-,19-,20+,21+,22+,23-,24+,25-/m0/s1. The van der Waals surface area contributed by atoms with Gasteiger partial charge in [0.25, 0.3) is 0 Å². The highest BCUT2D eigenvalue weighted by molar-refractivity contribution is 5.87. The monoisotopic (exact) mass is 432 g/mol. The van der Waals surface area contributed by atoms with Gasteiger partial charge in [-0.3, -0.25) is 14.4 Å². The van der Waals surface area contributed by atoms with Crippen LogP contribution in [-0.2, 0) is 23.9 Å². The van der Waals surface area contributed by atoms with Crippen LogP contribution in [0.5, 0.6) is 0 Å². The van der Waals surface area contributed by atoms with Crippen LogP contribution in [0.4, 0.5) is 0 Å². The number of ether oxygens (including phenoxy) is 2. The molecule has 4 aliphatic rings. The van der Waals surface area contributed by atoms with Crippen LogP contribution in [0.25, 0.3) is 0 Å². The van der Waals surface area contributed by atoms with Gasteiger partial charge >= 0.3 is 11.9 Å². The fourth-order valence-corrected chi connectivity index (χ4v) is 7.92. The van der Waals surface area contributed by atoms with Gasteiger partial charge in [-0.15, -0.1) is 0 Å². The minimum absolute atomic E-state index is 0.0372. The molecule has 172 valence electrons. The van der Waals surface area contributed by atoms with Crippen LogP contribution in [0.3, 0.4) is 0 Å². The van der Waals surface area contributed by atoms with Gasteiger partial charge in [-0.2, -0.15) is 0 Å². The lowest BCUT2D eigenvalue weighted by Gasteiger charge is -2.58. The average Bonchev–Trinajstić information content (AvgIpc) is 2.90. The topological polar surface area (TPSA) is 89.9 Å². The van der Waals surface area contributed by atoms with Crippen molar-refractivity contribution in [1.29, 1.82) is 0 Å². The van der Waals surface area contributed by atoms with Crippen LogP contribution in [0.1, 0.15) is 79.6 Å². The van der Waals surface area contributed by atoms with Crippen LogP contribution < -0.4 is 0 Å². The van der Waals surface area contributed by atoms with Gasteiger partial charge in [0, 0.05) is 25.7 Å². The molecule has 0 amide bonds. The summed E-state index contributed by atoms with van der Waals surface area (Å²) in [7, 11) is 0. The quantitative estimate of drug-likeness (QED) is 0.540. The Morgan fingerprint density at radius 1 is 1.00 bits per heavy atom. The summed E-state index contributed by atoms with van der Waals surface area (Å²) >= 11 is 0. The molecule has 0 aromatic carbocycles. The molecule has 3 saturated carbocycles. The van der Waals surface area contributed by atoms with E-state index in [1.165, 1.54) is 26.3 Å². The maximum atomic E-state index is 12.7. The number of allylic oxidation sites excluding steroid dienone is 1. The van der Waals surface area contributed by atoms with E-state index in [2.05, 4.69) is 13.0 Å². The molecule has 4 rings (SSSR count). The van der Waals surface area contributed by atoms with Crippen LogP contribution in [-0.4, -0.2) is 40.6 Å². The Kier molecular flexibility index (Phi) is 5.39. The molecule has 0 radical (unpaired) electrons. The number of ketones is 1. The molecule has 1 N–H and O–H groups in total. The number of carbonyl (C=O) groups excluding carboxylic acids is 3.